The number of nitrogens with two attached hydrogens (primary N) is 1. The maximum Gasteiger partial charge on any atom is 0.124 e. The van der Waals surface area contributed by atoms with Crippen molar-refractivity contribution in [3.8, 4) is 5.75 Å². The first kappa shape index (κ1) is 14.9. The van der Waals surface area contributed by atoms with Gasteiger partial charge in [-0.15, -0.1) is 11.8 Å². The molecule has 0 bridgehead atoms. The molecule has 0 aliphatic carbocycles. The van der Waals surface area contributed by atoms with Crippen molar-refractivity contribution in [3.05, 3.63) is 59.9 Å². The lowest BCUT2D eigenvalue weighted by atomic mass is 10.1. The maximum absolute atomic E-state index is 13.1. The average molecular weight is 291 g/mol. The normalized spacial score (nSPS) is 12.2. The standard InChI is InChI=1S/C16H18FNOS/c1-19-15-6-2-4-12(9-15)8-14(18)11-20-16-7-3-5-13(17)10-16/h2-7,9-10,14H,8,11,18H2,1H3. The second kappa shape index (κ2) is 7.31. The zero-order chi connectivity index (χ0) is 14.4. The average Bonchev–Trinajstić information content (AvgIpc) is 2.45. The third kappa shape index (κ3) is 4.54. The van der Waals surface area contributed by atoms with Crippen molar-refractivity contribution in [3.63, 3.8) is 0 Å². The minimum atomic E-state index is -0.212. The van der Waals surface area contributed by atoms with Gasteiger partial charge in [-0.25, -0.2) is 4.39 Å². The van der Waals surface area contributed by atoms with Crippen LogP contribution in [0.15, 0.2) is 53.4 Å². The Bertz CT molecular complexity index is 562. The predicted octanol–water partition coefficient (Wildman–Crippen LogP) is 3.50. The Labute approximate surface area is 123 Å². The molecular formula is C16H18FNOS. The van der Waals surface area contributed by atoms with Gasteiger partial charge >= 0.3 is 0 Å². The molecule has 0 saturated carbocycles. The topological polar surface area (TPSA) is 35.2 Å². The summed E-state index contributed by atoms with van der Waals surface area (Å²) in [6.07, 6.45) is 0.777. The molecule has 4 heteroatoms. The van der Waals surface area contributed by atoms with Gasteiger partial charge in [0.2, 0.25) is 0 Å². The van der Waals surface area contributed by atoms with Gasteiger partial charge in [0.05, 0.1) is 7.11 Å². The summed E-state index contributed by atoms with van der Waals surface area (Å²) in [7, 11) is 1.65. The molecule has 2 N–H and O–H groups in total. The van der Waals surface area contributed by atoms with Gasteiger partial charge in [-0.05, 0) is 42.3 Å². The highest BCUT2D eigenvalue weighted by Crippen LogP contribution is 2.20. The van der Waals surface area contributed by atoms with E-state index >= 15 is 0 Å². The predicted molar refractivity (Wildman–Crippen MR) is 81.8 cm³/mol. The first-order chi connectivity index (χ1) is 9.67. The molecule has 0 aliphatic heterocycles. The third-order valence-corrected chi connectivity index (χ3v) is 4.07. The van der Waals surface area contributed by atoms with Crippen molar-refractivity contribution < 1.29 is 9.13 Å². The Morgan fingerprint density at radius 2 is 2.00 bits per heavy atom. The number of rotatable bonds is 6. The molecule has 0 aromatic heterocycles. The van der Waals surface area contributed by atoms with Crippen LogP contribution in [0.4, 0.5) is 4.39 Å². The van der Waals surface area contributed by atoms with Gasteiger partial charge < -0.3 is 10.5 Å². The Kier molecular flexibility index (Phi) is 5.44. The number of ether oxygens (including phenoxy) is 1. The van der Waals surface area contributed by atoms with Crippen LogP contribution >= 0.6 is 11.8 Å². The molecule has 2 aromatic rings. The molecule has 2 aromatic carbocycles. The number of methoxy groups -OCH3 is 1. The van der Waals surface area contributed by atoms with E-state index in [0.29, 0.717) is 0 Å². The molecule has 1 atom stereocenters. The van der Waals surface area contributed by atoms with Crippen LogP contribution in [0.2, 0.25) is 0 Å². The van der Waals surface area contributed by atoms with Gasteiger partial charge in [0, 0.05) is 16.7 Å². The van der Waals surface area contributed by atoms with Crippen molar-refractivity contribution in [2.24, 2.45) is 5.73 Å². The van der Waals surface area contributed by atoms with E-state index in [1.54, 1.807) is 24.9 Å². The maximum atomic E-state index is 13.1. The molecule has 0 saturated heterocycles. The summed E-state index contributed by atoms with van der Waals surface area (Å²) >= 11 is 1.58. The molecule has 0 spiro atoms. The van der Waals surface area contributed by atoms with Crippen LogP contribution < -0.4 is 10.5 Å². The summed E-state index contributed by atoms with van der Waals surface area (Å²) in [5, 5.41) is 0. The largest absolute Gasteiger partial charge is 0.497 e. The van der Waals surface area contributed by atoms with E-state index in [2.05, 4.69) is 0 Å². The molecule has 20 heavy (non-hydrogen) atoms. The Morgan fingerprint density at radius 1 is 1.20 bits per heavy atom. The summed E-state index contributed by atoms with van der Waals surface area (Å²) in [6, 6.07) is 14.5. The van der Waals surface area contributed by atoms with Gasteiger partial charge in [-0.2, -0.15) is 0 Å². The van der Waals surface area contributed by atoms with Gasteiger partial charge in [-0.1, -0.05) is 18.2 Å². The Balaban J connectivity index is 1.87. The fourth-order valence-corrected chi connectivity index (χ4v) is 2.82. The fourth-order valence-electron chi connectivity index (χ4n) is 1.92. The van der Waals surface area contributed by atoms with E-state index in [1.165, 1.54) is 12.1 Å². The zero-order valence-electron chi connectivity index (χ0n) is 11.4. The molecule has 2 nitrogen and oxygen atoms in total. The zero-order valence-corrected chi connectivity index (χ0v) is 12.2. The number of benzene rings is 2. The minimum absolute atomic E-state index is 0.0235. The Morgan fingerprint density at radius 3 is 2.75 bits per heavy atom. The monoisotopic (exact) mass is 291 g/mol. The van der Waals surface area contributed by atoms with Gasteiger partial charge in [0.1, 0.15) is 11.6 Å². The SMILES string of the molecule is COc1cccc(CC(N)CSc2cccc(F)c2)c1. The number of thioether (sulfide) groups is 1. The smallest absolute Gasteiger partial charge is 0.124 e. The summed E-state index contributed by atoms with van der Waals surface area (Å²) < 4.78 is 18.3. The highest BCUT2D eigenvalue weighted by Gasteiger charge is 2.06. The van der Waals surface area contributed by atoms with Crippen LogP contribution in [0.5, 0.6) is 5.75 Å². The summed E-state index contributed by atoms with van der Waals surface area (Å²) in [6.45, 7) is 0. The summed E-state index contributed by atoms with van der Waals surface area (Å²) in [4.78, 5) is 0.908. The van der Waals surface area contributed by atoms with E-state index in [0.717, 1.165) is 28.4 Å². The second-order valence-electron chi connectivity index (χ2n) is 4.58. The van der Waals surface area contributed by atoms with Crippen molar-refractivity contribution >= 4 is 11.8 Å². The molecule has 106 valence electrons. The number of hydrogen-bond acceptors (Lipinski definition) is 3. The van der Waals surface area contributed by atoms with E-state index in [-0.39, 0.29) is 11.9 Å². The van der Waals surface area contributed by atoms with Crippen LogP contribution in [0, 0.1) is 5.82 Å². The van der Waals surface area contributed by atoms with Gasteiger partial charge in [0.25, 0.3) is 0 Å². The molecular weight excluding hydrogens is 273 g/mol. The van der Waals surface area contributed by atoms with Gasteiger partial charge in [-0.3, -0.25) is 0 Å². The second-order valence-corrected chi connectivity index (χ2v) is 5.68. The fraction of sp³-hybridized carbons (Fsp3) is 0.250. The van der Waals surface area contributed by atoms with Crippen molar-refractivity contribution in [1.82, 2.24) is 0 Å². The van der Waals surface area contributed by atoms with Crippen LogP contribution in [0.1, 0.15) is 5.56 Å². The highest BCUT2D eigenvalue weighted by molar-refractivity contribution is 7.99. The van der Waals surface area contributed by atoms with E-state index < -0.39 is 0 Å². The molecule has 0 heterocycles. The first-order valence-corrected chi connectivity index (χ1v) is 7.43. The number of hydrogen-bond donors (Lipinski definition) is 1. The minimum Gasteiger partial charge on any atom is -0.497 e. The number of halogens is 1. The lowest BCUT2D eigenvalue weighted by Gasteiger charge is -2.12. The molecule has 0 radical (unpaired) electrons. The molecule has 1 unspecified atom stereocenters. The summed E-state index contributed by atoms with van der Waals surface area (Å²) in [5.74, 6) is 1.38. The van der Waals surface area contributed by atoms with Crippen LogP contribution in [-0.2, 0) is 6.42 Å². The van der Waals surface area contributed by atoms with E-state index in [4.69, 9.17) is 10.5 Å². The van der Waals surface area contributed by atoms with Crippen LogP contribution in [-0.4, -0.2) is 18.9 Å². The third-order valence-electron chi connectivity index (χ3n) is 2.89. The van der Waals surface area contributed by atoms with E-state index in [1.807, 2.05) is 30.3 Å². The van der Waals surface area contributed by atoms with Crippen molar-refractivity contribution in [1.29, 1.82) is 0 Å². The van der Waals surface area contributed by atoms with Crippen molar-refractivity contribution in [2.45, 2.75) is 17.4 Å². The molecule has 2 rings (SSSR count). The highest BCUT2D eigenvalue weighted by atomic mass is 32.2. The summed E-state index contributed by atoms with van der Waals surface area (Å²) in [5.41, 5.74) is 7.28. The van der Waals surface area contributed by atoms with Crippen molar-refractivity contribution in [2.75, 3.05) is 12.9 Å². The van der Waals surface area contributed by atoms with Crippen LogP contribution in [0.25, 0.3) is 0 Å². The first-order valence-electron chi connectivity index (χ1n) is 6.44. The quantitative estimate of drug-likeness (QED) is 0.827. The molecule has 0 aliphatic rings. The van der Waals surface area contributed by atoms with Gasteiger partial charge in [0.15, 0.2) is 0 Å². The van der Waals surface area contributed by atoms with Crippen LogP contribution in [0.3, 0.4) is 0 Å². The Hall–Kier alpha value is -1.52. The lowest BCUT2D eigenvalue weighted by Crippen LogP contribution is -2.25. The molecule has 0 fully saturated rings. The molecule has 0 amide bonds. The van der Waals surface area contributed by atoms with E-state index in [9.17, 15) is 4.39 Å². The lowest BCUT2D eigenvalue weighted by molar-refractivity contribution is 0.414.